The predicted molar refractivity (Wildman–Crippen MR) is 194 cm³/mol. The molecule has 0 fully saturated rings. The molecule has 0 radical (unpaired) electrons. The largest absolute Gasteiger partial charge is 0.480 e. The molecule has 49 heavy (non-hydrogen) atoms. The fraction of sp³-hybridized carbons (Fsp3) is 0.919. The zero-order valence-electron chi connectivity index (χ0n) is 31.1. The molecule has 0 aliphatic carbocycles. The minimum atomic E-state index is -4.70. The van der Waals surface area contributed by atoms with Crippen LogP contribution in [0.2, 0.25) is 0 Å². The summed E-state index contributed by atoms with van der Waals surface area (Å²) in [6.45, 7) is 2.76. The highest BCUT2D eigenvalue weighted by Gasteiger charge is 2.28. The average Bonchev–Trinajstić information content (AvgIpc) is 3.07. The van der Waals surface area contributed by atoms with Crippen LogP contribution in [0.15, 0.2) is 0 Å². The number of carbonyl (C=O) groups excluding carboxylic acids is 2. The first-order valence-corrected chi connectivity index (χ1v) is 21.1. The Kier molecular flexibility index (Phi) is 32.6. The van der Waals surface area contributed by atoms with Crippen molar-refractivity contribution < 1.29 is 47.5 Å². The van der Waals surface area contributed by atoms with E-state index in [1.165, 1.54) is 109 Å². The van der Waals surface area contributed by atoms with Gasteiger partial charge in [0.25, 0.3) is 0 Å². The fourth-order valence-electron chi connectivity index (χ4n) is 5.48. The molecule has 11 nitrogen and oxygen atoms in total. The van der Waals surface area contributed by atoms with Gasteiger partial charge in [0.1, 0.15) is 12.6 Å². The van der Waals surface area contributed by atoms with Gasteiger partial charge in [0.15, 0.2) is 6.10 Å². The summed E-state index contributed by atoms with van der Waals surface area (Å²) in [7, 11) is -4.70. The molecule has 1 unspecified atom stereocenters. The number of rotatable bonds is 37. The van der Waals surface area contributed by atoms with Gasteiger partial charge in [-0.3, -0.25) is 23.4 Å². The lowest BCUT2D eigenvalue weighted by Crippen LogP contribution is -2.34. The third kappa shape index (κ3) is 33.4. The van der Waals surface area contributed by atoms with Crippen molar-refractivity contribution in [3.8, 4) is 0 Å². The number of ether oxygens (including phenoxy) is 2. The Morgan fingerprint density at radius 3 is 1.29 bits per heavy atom. The van der Waals surface area contributed by atoms with Crippen LogP contribution in [0.5, 0.6) is 0 Å². The quantitative estimate of drug-likeness (QED) is 0.0317. The second-order valence-corrected chi connectivity index (χ2v) is 14.9. The van der Waals surface area contributed by atoms with Gasteiger partial charge < -0.3 is 25.2 Å². The summed E-state index contributed by atoms with van der Waals surface area (Å²) >= 11 is 0. The van der Waals surface area contributed by atoms with Gasteiger partial charge in [0.2, 0.25) is 0 Å². The molecule has 0 spiro atoms. The van der Waals surface area contributed by atoms with Gasteiger partial charge in [0, 0.05) is 12.8 Å². The van der Waals surface area contributed by atoms with E-state index in [9.17, 15) is 23.8 Å². The lowest BCUT2D eigenvalue weighted by molar-refractivity contribution is -0.161. The number of unbranched alkanes of at least 4 members (excludes halogenated alkanes) is 23. The molecule has 0 aliphatic rings. The molecule has 0 amide bonds. The maximum absolute atomic E-state index is 12.5. The zero-order valence-corrected chi connectivity index (χ0v) is 31.9. The van der Waals surface area contributed by atoms with Gasteiger partial charge in [-0.05, 0) is 12.8 Å². The van der Waals surface area contributed by atoms with Crippen molar-refractivity contribution in [2.75, 3.05) is 19.8 Å². The first-order chi connectivity index (χ1) is 23.6. The van der Waals surface area contributed by atoms with E-state index in [1.807, 2.05) is 0 Å². The predicted octanol–water partition coefficient (Wildman–Crippen LogP) is 9.56. The van der Waals surface area contributed by atoms with Crippen molar-refractivity contribution in [1.82, 2.24) is 0 Å². The van der Waals surface area contributed by atoms with Crippen LogP contribution in [0.1, 0.15) is 187 Å². The van der Waals surface area contributed by atoms with E-state index in [1.54, 1.807) is 0 Å². The number of aliphatic carboxylic acids is 1. The van der Waals surface area contributed by atoms with E-state index in [0.29, 0.717) is 12.8 Å². The number of phosphoric ester groups is 1. The maximum atomic E-state index is 12.5. The molecular weight excluding hydrogens is 649 g/mol. The van der Waals surface area contributed by atoms with Gasteiger partial charge in [-0.15, -0.1) is 0 Å². The average molecular weight is 722 g/mol. The minimum Gasteiger partial charge on any atom is -0.480 e. The molecule has 3 atom stereocenters. The molecule has 0 saturated carbocycles. The topological polar surface area (TPSA) is 172 Å². The van der Waals surface area contributed by atoms with E-state index in [4.69, 9.17) is 24.8 Å². The second kappa shape index (κ2) is 33.6. The highest BCUT2D eigenvalue weighted by Crippen LogP contribution is 2.43. The number of carbonyl (C=O) groups is 3. The first kappa shape index (κ1) is 47.5. The van der Waals surface area contributed by atoms with Crippen molar-refractivity contribution in [2.24, 2.45) is 5.73 Å². The summed E-state index contributed by atoms with van der Waals surface area (Å²) in [5.41, 5.74) is 5.31. The Labute approximate surface area is 297 Å². The monoisotopic (exact) mass is 721 g/mol. The van der Waals surface area contributed by atoms with E-state index < -0.39 is 51.1 Å². The number of hydrogen-bond acceptors (Lipinski definition) is 9. The minimum absolute atomic E-state index is 0.169. The summed E-state index contributed by atoms with van der Waals surface area (Å²) in [5, 5.41) is 8.84. The first-order valence-electron chi connectivity index (χ1n) is 19.6. The Balaban J connectivity index is 4.27. The van der Waals surface area contributed by atoms with Gasteiger partial charge in [0.05, 0.1) is 13.2 Å². The molecule has 0 bridgehead atoms. The van der Waals surface area contributed by atoms with E-state index in [0.717, 1.165) is 38.5 Å². The molecule has 0 aliphatic heterocycles. The number of carboxylic acid groups (broad SMARTS) is 1. The fourth-order valence-corrected chi connectivity index (χ4v) is 6.26. The number of hydrogen-bond donors (Lipinski definition) is 3. The van der Waals surface area contributed by atoms with E-state index in [2.05, 4.69) is 18.4 Å². The lowest BCUT2D eigenvalue weighted by Gasteiger charge is -2.20. The van der Waals surface area contributed by atoms with Crippen molar-refractivity contribution in [1.29, 1.82) is 0 Å². The number of nitrogens with two attached hydrogens (primary N) is 1. The van der Waals surface area contributed by atoms with Gasteiger partial charge in [-0.25, -0.2) is 4.57 Å². The van der Waals surface area contributed by atoms with Crippen LogP contribution in [-0.2, 0) is 37.5 Å². The number of carboxylic acids is 1. The Morgan fingerprint density at radius 2 is 0.898 bits per heavy atom. The van der Waals surface area contributed by atoms with Crippen LogP contribution in [0.4, 0.5) is 0 Å². The number of phosphoric acid groups is 1. The van der Waals surface area contributed by atoms with Crippen LogP contribution < -0.4 is 5.73 Å². The standard InChI is InChI=1S/C37H72NO10P/c1-3-5-7-9-11-12-13-14-15-16-17-18-19-20-21-23-25-27-29-36(40)48-33(31-46-49(43,44)47-32-34(38)37(41)42)30-45-35(39)28-26-24-22-10-8-6-4-2/h33-34H,3-32,38H2,1-2H3,(H,41,42)(H,43,44)/t33-,34-/m0/s1. The molecule has 12 heteroatoms. The smallest absolute Gasteiger partial charge is 0.472 e. The SMILES string of the molecule is CCCCCCCCCCCCCCCCCCCCC(=O)O[C@@H](COC(=O)CCCCCCCCC)COP(=O)(O)OC[C@H](N)C(=O)O. The van der Waals surface area contributed by atoms with Crippen LogP contribution in [0.3, 0.4) is 0 Å². The van der Waals surface area contributed by atoms with Crippen LogP contribution in [0.25, 0.3) is 0 Å². The Morgan fingerprint density at radius 1 is 0.551 bits per heavy atom. The molecule has 0 saturated heterocycles. The normalized spacial score (nSPS) is 13.9. The third-order valence-corrected chi connectivity index (χ3v) is 9.56. The molecular formula is C37H72NO10P. The molecule has 0 heterocycles. The van der Waals surface area contributed by atoms with Crippen molar-refractivity contribution >= 4 is 25.7 Å². The highest BCUT2D eigenvalue weighted by atomic mass is 31.2. The molecule has 0 aromatic carbocycles. The second-order valence-electron chi connectivity index (χ2n) is 13.4. The Hall–Kier alpha value is -1.52. The summed E-state index contributed by atoms with van der Waals surface area (Å²) in [6, 6.07) is -1.51. The van der Waals surface area contributed by atoms with E-state index >= 15 is 0 Å². The summed E-state index contributed by atoms with van der Waals surface area (Å²) in [4.78, 5) is 45.6. The van der Waals surface area contributed by atoms with E-state index in [-0.39, 0.29) is 19.4 Å². The van der Waals surface area contributed by atoms with Crippen LogP contribution in [0, 0.1) is 0 Å². The molecule has 0 rings (SSSR count). The Bertz CT molecular complexity index is 859. The van der Waals surface area contributed by atoms with Crippen molar-refractivity contribution in [3.05, 3.63) is 0 Å². The molecule has 4 N–H and O–H groups in total. The summed E-state index contributed by atoms with van der Waals surface area (Å²) < 4.78 is 32.5. The van der Waals surface area contributed by atoms with Crippen molar-refractivity contribution in [3.63, 3.8) is 0 Å². The zero-order chi connectivity index (χ0) is 36.4. The summed E-state index contributed by atoms with van der Waals surface area (Å²) in [6.07, 6.45) is 29.1. The van der Waals surface area contributed by atoms with Gasteiger partial charge in [-0.2, -0.15) is 0 Å². The molecule has 0 aromatic rings. The maximum Gasteiger partial charge on any atom is 0.472 e. The summed E-state index contributed by atoms with van der Waals surface area (Å²) in [5.74, 6) is -2.37. The highest BCUT2D eigenvalue weighted by molar-refractivity contribution is 7.47. The number of esters is 2. The third-order valence-electron chi connectivity index (χ3n) is 8.61. The van der Waals surface area contributed by atoms with Gasteiger partial charge >= 0.3 is 25.7 Å². The van der Waals surface area contributed by atoms with Crippen LogP contribution >= 0.6 is 7.82 Å². The van der Waals surface area contributed by atoms with Crippen LogP contribution in [-0.4, -0.2) is 59.9 Å². The lowest BCUT2D eigenvalue weighted by atomic mass is 10.0. The molecule has 0 aromatic heterocycles. The van der Waals surface area contributed by atoms with Gasteiger partial charge in [-0.1, -0.05) is 162 Å². The van der Waals surface area contributed by atoms with Crippen molar-refractivity contribution in [2.45, 2.75) is 199 Å². The molecule has 290 valence electrons.